The number of nitrogens with zero attached hydrogens (tertiary/aromatic N) is 3. The van der Waals surface area contributed by atoms with E-state index in [-0.39, 0.29) is 25.4 Å². The highest BCUT2D eigenvalue weighted by Crippen LogP contribution is 2.23. The average molecular weight is 292 g/mol. The predicted molar refractivity (Wildman–Crippen MR) is 74.0 cm³/mol. The molecule has 0 saturated heterocycles. The van der Waals surface area contributed by atoms with Crippen LogP contribution in [0.5, 0.6) is 5.75 Å². The van der Waals surface area contributed by atoms with Gasteiger partial charge in [0.2, 0.25) is 5.91 Å². The van der Waals surface area contributed by atoms with Gasteiger partial charge in [-0.3, -0.25) is 4.79 Å². The van der Waals surface area contributed by atoms with Crippen molar-refractivity contribution in [3.63, 3.8) is 0 Å². The van der Waals surface area contributed by atoms with Crippen LogP contribution in [0.25, 0.3) is 0 Å². The lowest BCUT2D eigenvalue weighted by Gasteiger charge is -2.15. The molecule has 0 aliphatic heterocycles. The summed E-state index contributed by atoms with van der Waals surface area (Å²) < 4.78 is 5.45. The number of hydrogen-bond acceptors (Lipinski definition) is 4. The van der Waals surface area contributed by atoms with Gasteiger partial charge in [-0.05, 0) is 18.6 Å². The fourth-order valence-corrected chi connectivity index (χ4v) is 1.72. The standard InChI is InChI=1S/C14H14ClN3O2/c15-12-4-1-2-5-13(12)20-11-3-6-14(19)18(9-7-16)10-8-17/h1-2,4-5H,3,6,9-11H2. The Balaban J connectivity index is 2.34. The van der Waals surface area contributed by atoms with Gasteiger partial charge in [0.1, 0.15) is 18.8 Å². The lowest BCUT2D eigenvalue weighted by molar-refractivity contribution is -0.130. The first-order chi connectivity index (χ1) is 9.69. The quantitative estimate of drug-likeness (QED) is 0.571. The number of rotatable bonds is 7. The van der Waals surface area contributed by atoms with Crippen molar-refractivity contribution in [2.45, 2.75) is 12.8 Å². The summed E-state index contributed by atoms with van der Waals surface area (Å²) in [4.78, 5) is 13.0. The van der Waals surface area contributed by atoms with E-state index < -0.39 is 0 Å². The molecule has 6 heteroatoms. The summed E-state index contributed by atoms with van der Waals surface area (Å²) in [7, 11) is 0. The second-order valence-electron chi connectivity index (χ2n) is 3.95. The molecule has 0 fully saturated rings. The monoisotopic (exact) mass is 291 g/mol. The van der Waals surface area contributed by atoms with Crippen LogP contribution in [0.4, 0.5) is 0 Å². The van der Waals surface area contributed by atoms with E-state index in [4.69, 9.17) is 26.9 Å². The van der Waals surface area contributed by atoms with Gasteiger partial charge in [0, 0.05) is 6.42 Å². The second kappa shape index (κ2) is 8.79. The summed E-state index contributed by atoms with van der Waals surface area (Å²) in [6, 6.07) is 10.8. The molecular weight excluding hydrogens is 278 g/mol. The van der Waals surface area contributed by atoms with Crippen molar-refractivity contribution < 1.29 is 9.53 Å². The molecule has 0 aliphatic carbocycles. The van der Waals surface area contributed by atoms with Crippen LogP contribution in [-0.2, 0) is 4.79 Å². The Morgan fingerprint density at radius 3 is 2.50 bits per heavy atom. The molecule has 0 saturated carbocycles. The van der Waals surface area contributed by atoms with E-state index in [9.17, 15) is 4.79 Å². The minimum Gasteiger partial charge on any atom is -0.492 e. The SMILES string of the molecule is N#CCN(CC#N)C(=O)CCCOc1ccccc1Cl. The van der Waals surface area contributed by atoms with Gasteiger partial charge in [-0.2, -0.15) is 10.5 Å². The minimum absolute atomic E-state index is 0.0717. The largest absolute Gasteiger partial charge is 0.492 e. The van der Waals surface area contributed by atoms with E-state index in [1.807, 2.05) is 18.2 Å². The fourth-order valence-electron chi connectivity index (χ4n) is 1.53. The van der Waals surface area contributed by atoms with Gasteiger partial charge < -0.3 is 9.64 Å². The number of para-hydroxylation sites is 1. The van der Waals surface area contributed by atoms with Gasteiger partial charge in [-0.15, -0.1) is 0 Å². The van der Waals surface area contributed by atoms with Crippen molar-refractivity contribution in [3.05, 3.63) is 29.3 Å². The fraction of sp³-hybridized carbons (Fsp3) is 0.357. The van der Waals surface area contributed by atoms with Gasteiger partial charge in [0.25, 0.3) is 0 Å². The molecule has 0 bridgehead atoms. The zero-order valence-corrected chi connectivity index (χ0v) is 11.6. The number of benzene rings is 1. The summed E-state index contributed by atoms with van der Waals surface area (Å²) >= 11 is 5.93. The van der Waals surface area contributed by atoms with Crippen molar-refractivity contribution in [1.29, 1.82) is 10.5 Å². The molecule has 1 aromatic carbocycles. The van der Waals surface area contributed by atoms with Gasteiger partial charge in [0.15, 0.2) is 0 Å². The molecule has 1 aromatic rings. The molecule has 0 radical (unpaired) electrons. The molecule has 5 nitrogen and oxygen atoms in total. The third-order valence-corrected chi connectivity index (χ3v) is 2.82. The van der Waals surface area contributed by atoms with Crippen LogP contribution in [0.3, 0.4) is 0 Å². The highest BCUT2D eigenvalue weighted by atomic mass is 35.5. The van der Waals surface area contributed by atoms with Crippen LogP contribution in [0.15, 0.2) is 24.3 Å². The molecule has 0 N–H and O–H groups in total. The Hall–Kier alpha value is -2.24. The molecule has 104 valence electrons. The van der Waals surface area contributed by atoms with Crippen molar-refractivity contribution in [2.75, 3.05) is 19.7 Å². The lowest BCUT2D eigenvalue weighted by atomic mass is 10.3. The molecular formula is C14H14ClN3O2. The number of carbonyl (C=O) groups excluding carboxylic acids is 1. The number of amides is 1. The summed E-state index contributed by atoms with van der Waals surface area (Å²) in [6.07, 6.45) is 0.727. The molecule has 0 aromatic heterocycles. The van der Waals surface area contributed by atoms with Crippen LogP contribution in [0.2, 0.25) is 5.02 Å². The molecule has 0 heterocycles. The van der Waals surface area contributed by atoms with E-state index in [2.05, 4.69) is 0 Å². The number of carbonyl (C=O) groups is 1. The first kappa shape index (κ1) is 15.8. The molecule has 1 rings (SSSR count). The number of halogens is 1. The smallest absolute Gasteiger partial charge is 0.224 e. The molecule has 0 spiro atoms. The summed E-state index contributed by atoms with van der Waals surface area (Å²) in [5.74, 6) is 0.350. The van der Waals surface area contributed by atoms with E-state index in [1.165, 1.54) is 4.90 Å². The maximum absolute atomic E-state index is 11.7. The van der Waals surface area contributed by atoms with Crippen LogP contribution >= 0.6 is 11.6 Å². The third-order valence-electron chi connectivity index (χ3n) is 2.51. The number of nitriles is 2. The molecule has 0 unspecified atom stereocenters. The van der Waals surface area contributed by atoms with Crippen LogP contribution < -0.4 is 4.74 Å². The highest BCUT2D eigenvalue weighted by molar-refractivity contribution is 6.32. The Morgan fingerprint density at radius 2 is 1.90 bits per heavy atom. The van der Waals surface area contributed by atoms with Crippen LogP contribution in [-0.4, -0.2) is 30.5 Å². The Bertz CT molecular complexity index is 518. The Morgan fingerprint density at radius 1 is 1.25 bits per heavy atom. The summed E-state index contributed by atoms with van der Waals surface area (Å²) in [5.41, 5.74) is 0. The van der Waals surface area contributed by atoms with Gasteiger partial charge in [-0.1, -0.05) is 23.7 Å². The van der Waals surface area contributed by atoms with Crippen molar-refractivity contribution in [1.82, 2.24) is 4.90 Å². The van der Waals surface area contributed by atoms with E-state index in [0.29, 0.717) is 23.8 Å². The summed E-state index contributed by atoms with van der Waals surface area (Å²) in [6.45, 7) is 0.206. The number of ether oxygens (including phenoxy) is 1. The first-order valence-electron chi connectivity index (χ1n) is 6.08. The second-order valence-corrected chi connectivity index (χ2v) is 4.36. The minimum atomic E-state index is -0.226. The van der Waals surface area contributed by atoms with E-state index >= 15 is 0 Å². The van der Waals surface area contributed by atoms with E-state index in [1.54, 1.807) is 18.2 Å². The van der Waals surface area contributed by atoms with Crippen LogP contribution in [0.1, 0.15) is 12.8 Å². The van der Waals surface area contributed by atoms with Crippen molar-refractivity contribution in [2.24, 2.45) is 0 Å². The normalized spacial score (nSPS) is 9.35. The van der Waals surface area contributed by atoms with E-state index in [0.717, 1.165) is 0 Å². The maximum Gasteiger partial charge on any atom is 0.224 e. The Kier molecular flexibility index (Phi) is 6.95. The predicted octanol–water partition coefficient (Wildman–Crippen LogP) is 2.37. The average Bonchev–Trinajstić information content (AvgIpc) is 2.45. The molecule has 1 amide bonds. The van der Waals surface area contributed by atoms with Crippen LogP contribution in [0, 0.1) is 22.7 Å². The van der Waals surface area contributed by atoms with Gasteiger partial charge in [-0.25, -0.2) is 0 Å². The molecule has 0 aliphatic rings. The molecule has 20 heavy (non-hydrogen) atoms. The Labute approximate surface area is 122 Å². The van der Waals surface area contributed by atoms with Gasteiger partial charge in [0.05, 0.1) is 23.8 Å². The maximum atomic E-state index is 11.7. The summed E-state index contributed by atoms with van der Waals surface area (Å²) in [5, 5.41) is 17.7. The topological polar surface area (TPSA) is 77.1 Å². The van der Waals surface area contributed by atoms with Gasteiger partial charge >= 0.3 is 0 Å². The first-order valence-corrected chi connectivity index (χ1v) is 6.46. The highest BCUT2D eigenvalue weighted by Gasteiger charge is 2.12. The van der Waals surface area contributed by atoms with Crippen molar-refractivity contribution >= 4 is 17.5 Å². The third kappa shape index (κ3) is 5.17. The zero-order chi connectivity index (χ0) is 14.8. The number of hydrogen-bond donors (Lipinski definition) is 0. The molecule has 0 atom stereocenters. The van der Waals surface area contributed by atoms with Crippen molar-refractivity contribution in [3.8, 4) is 17.9 Å². The lowest BCUT2D eigenvalue weighted by Crippen LogP contribution is -2.31. The zero-order valence-electron chi connectivity index (χ0n) is 10.9.